The molecule has 0 saturated carbocycles. The summed E-state index contributed by atoms with van der Waals surface area (Å²) < 4.78 is 0. The van der Waals surface area contributed by atoms with E-state index in [1.54, 1.807) is 0 Å². The van der Waals surface area contributed by atoms with Gasteiger partial charge >= 0.3 is 0 Å². The Morgan fingerprint density at radius 3 is 2.38 bits per heavy atom. The van der Waals surface area contributed by atoms with Crippen LogP contribution in [0.15, 0.2) is 24.3 Å². The lowest BCUT2D eigenvalue weighted by Gasteiger charge is -2.18. The summed E-state index contributed by atoms with van der Waals surface area (Å²) in [7, 11) is 6.24. The van der Waals surface area contributed by atoms with Gasteiger partial charge in [0.25, 0.3) is 0 Å². The predicted octanol–water partition coefficient (Wildman–Crippen LogP) is 2.42. The molecule has 0 bridgehead atoms. The number of nitrogens with zero attached hydrogens (tertiary/aromatic N) is 1. The van der Waals surface area contributed by atoms with Gasteiger partial charge in [0, 0.05) is 11.1 Å². The molecule has 1 aromatic rings. The van der Waals surface area contributed by atoms with Gasteiger partial charge in [0.2, 0.25) is 0 Å². The van der Waals surface area contributed by atoms with E-state index >= 15 is 0 Å². The van der Waals surface area contributed by atoms with Gasteiger partial charge in [-0.3, -0.25) is 0 Å². The second kappa shape index (κ2) is 6.89. The minimum absolute atomic E-state index is 0.531. The molecule has 1 aromatic carbocycles. The number of halogens is 1. The summed E-state index contributed by atoms with van der Waals surface area (Å²) in [6, 6.07) is 8.64. The van der Waals surface area contributed by atoms with Gasteiger partial charge in [0.15, 0.2) is 0 Å². The topological polar surface area (TPSA) is 15.3 Å². The van der Waals surface area contributed by atoms with E-state index in [9.17, 15) is 0 Å². The first-order valence-corrected chi connectivity index (χ1v) is 6.06. The fourth-order valence-corrected chi connectivity index (χ4v) is 1.79. The summed E-state index contributed by atoms with van der Waals surface area (Å²) in [6.45, 7) is 1.11. The highest BCUT2D eigenvalue weighted by molar-refractivity contribution is 6.30. The van der Waals surface area contributed by atoms with Crippen LogP contribution in [0.3, 0.4) is 0 Å². The van der Waals surface area contributed by atoms with Crippen molar-refractivity contribution >= 4 is 11.6 Å². The smallest absolute Gasteiger partial charge is 0.0406 e. The van der Waals surface area contributed by atoms with Crippen molar-refractivity contribution in [1.82, 2.24) is 10.2 Å². The molecule has 0 heterocycles. The van der Waals surface area contributed by atoms with Crippen LogP contribution in [0.4, 0.5) is 0 Å². The third-order valence-electron chi connectivity index (χ3n) is 2.73. The molecule has 0 spiro atoms. The second-order valence-corrected chi connectivity index (χ2v) is 4.84. The van der Waals surface area contributed by atoms with E-state index in [0.29, 0.717) is 6.04 Å². The number of hydrogen-bond donors (Lipinski definition) is 1. The summed E-state index contributed by atoms with van der Waals surface area (Å²) in [4.78, 5) is 2.21. The Bertz CT molecular complexity index is 295. The molecule has 1 rings (SSSR count). The minimum Gasteiger partial charge on any atom is -0.317 e. The zero-order valence-electron chi connectivity index (χ0n) is 10.3. The third-order valence-corrected chi connectivity index (χ3v) is 2.98. The van der Waals surface area contributed by atoms with Gasteiger partial charge in [-0.25, -0.2) is 0 Å². The van der Waals surface area contributed by atoms with Crippen molar-refractivity contribution in [3.8, 4) is 0 Å². The van der Waals surface area contributed by atoms with Crippen molar-refractivity contribution in [2.75, 3.05) is 27.7 Å². The lowest BCUT2D eigenvalue weighted by molar-refractivity contribution is 0.364. The first-order chi connectivity index (χ1) is 7.61. The maximum atomic E-state index is 5.86. The van der Waals surface area contributed by atoms with Crippen LogP contribution < -0.4 is 5.32 Å². The number of rotatable bonds is 6. The average Bonchev–Trinajstić information content (AvgIpc) is 2.26. The fourth-order valence-electron chi connectivity index (χ4n) is 1.67. The molecule has 90 valence electrons. The van der Waals surface area contributed by atoms with Crippen LogP contribution in [0.25, 0.3) is 0 Å². The molecule has 2 nitrogen and oxygen atoms in total. The monoisotopic (exact) mass is 240 g/mol. The minimum atomic E-state index is 0.531. The van der Waals surface area contributed by atoms with Crippen molar-refractivity contribution in [3.63, 3.8) is 0 Å². The van der Waals surface area contributed by atoms with Crippen LogP contribution in [-0.4, -0.2) is 38.6 Å². The van der Waals surface area contributed by atoms with E-state index < -0.39 is 0 Å². The zero-order valence-corrected chi connectivity index (χ0v) is 11.1. The van der Waals surface area contributed by atoms with Gasteiger partial charge in [-0.05, 0) is 58.2 Å². The molecule has 0 aliphatic heterocycles. The lowest BCUT2D eigenvalue weighted by atomic mass is 10.0. The molecular weight excluding hydrogens is 220 g/mol. The predicted molar refractivity (Wildman–Crippen MR) is 71.2 cm³/mol. The van der Waals surface area contributed by atoms with Crippen LogP contribution in [0.2, 0.25) is 5.02 Å². The van der Waals surface area contributed by atoms with Gasteiger partial charge in [-0.2, -0.15) is 0 Å². The third kappa shape index (κ3) is 4.97. The van der Waals surface area contributed by atoms with Gasteiger partial charge in [-0.15, -0.1) is 0 Å². The first kappa shape index (κ1) is 13.5. The van der Waals surface area contributed by atoms with Gasteiger partial charge in [-0.1, -0.05) is 23.7 Å². The van der Waals surface area contributed by atoms with Crippen molar-refractivity contribution in [3.05, 3.63) is 34.9 Å². The molecule has 0 aliphatic rings. The highest BCUT2D eigenvalue weighted by Crippen LogP contribution is 2.12. The van der Waals surface area contributed by atoms with Crippen LogP contribution in [0, 0.1) is 0 Å². The fraction of sp³-hybridized carbons (Fsp3) is 0.538. The largest absolute Gasteiger partial charge is 0.317 e. The molecule has 0 saturated heterocycles. The van der Waals surface area contributed by atoms with Crippen molar-refractivity contribution in [2.45, 2.75) is 18.9 Å². The standard InChI is InChI=1S/C13H21ClN2/c1-15-13(8-9-16(2)3)10-11-4-6-12(14)7-5-11/h4-7,13,15H,8-10H2,1-3H3. The van der Waals surface area contributed by atoms with E-state index in [1.807, 2.05) is 19.2 Å². The number of hydrogen-bond acceptors (Lipinski definition) is 2. The lowest BCUT2D eigenvalue weighted by Crippen LogP contribution is -2.31. The van der Waals surface area contributed by atoms with Crippen LogP contribution in [0.1, 0.15) is 12.0 Å². The Labute approximate surface area is 104 Å². The van der Waals surface area contributed by atoms with Crippen molar-refractivity contribution in [1.29, 1.82) is 0 Å². The first-order valence-electron chi connectivity index (χ1n) is 5.68. The number of nitrogens with one attached hydrogen (secondary N) is 1. The van der Waals surface area contributed by atoms with Gasteiger partial charge < -0.3 is 10.2 Å². The molecule has 1 atom stereocenters. The molecule has 1 unspecified atom stereocenters. The molecule has 0 aliphatic carbocycles. The molecule has 16 heavy (non-hydrogen) atoms. The summed E-state index contributed by atoms with van der Waals surface area (Å²) in [5, 5.41) is 4.16. The van der Waals surface area contributed by atoms with Gasteiger partial charge in [0.05, 0.1) is 0 Å². The maximum absolute atomic E-state index is 5.86. The van der Waals surface area contributed by atoms with E-state index in [-0.39, 0.29) is 0 Å². The maximum Gasteiger partial charge on any atom is 0.0406 e. The zero-order chi connectivity index (χ0) is 12.0. The van der Waals surface area contributed by atoms with E-state index in [0.717, 1.165) is 24.4 Å². The van der Waals surface area contributed by atoms with E-state index in [4.69, 9.17) is 11.6 Å². The van der Waals surface area contributed by atoms with Gasteiger partial charge in [0.1, 0.15) is 0 Å². The molecular formula is C13H21ClN2. The van der Waals surface area contributed by atoms with Crippen LogP contribution in [-0.2, 0) is 6.42 Å². The van der Waals surface area contributed by atoms with E-state index in [2.05, 4.69) is 36.4 Å². The Balaban J connectivity index is 2.46. The number of benzene rings is 1. The normalized spacial score (nSPS) is 13.1. The summed E-state index contributed by atoms with van der Waals surface area (Å²) >= 11 is 5.86. The van der Waals surface area contributed by atoms with Crippen LogP contribution in [0.5, 0.6) is 0 Å². The number of likely N-dealkylation sites (N-methyl/N-ethyl adjacent to an activating group) is 1. The van der Waals surface area contributed by atoms with Crippen molar-refractivity contribution < 1.29 is 0 Å². The molecule has 0 aromatic heterocycles. The Hall–Kier alpha value is -0.570. The Kier molecular flexibility index (Phi) is 5.81. The molecule has 0 amide bonds. The van der Waals surface area contributed by atoms with E-state index in [1.165, 1.54) is 5.56 Å². The SMILES string of the molecule is CNC(CCN(C)C)Cc1ccc(Cl)cc1. The molecule has 3 heteroatoms. The average molecular weight is 241 g/mol. The van der Waals surface area contributed by atoms with Crippen molar-refractivity contribution in [2.24, 2.45) is 0 Å². The highest BCUT2D eigenvalue weighted by atomic mass is 35.5. The highest BCUT2D eigenvalue weighted by Gasteiger charge is 2.07. The second-order valence-electron chi connectivity index (χ2n) is 4.41. The molecule has 0 radical (unpaired) electrons. The Morgan fingerprint density at radius 2 is 1.88 bits per heavy atom. The summed E-state index contributed by atoms with van der Waals surface area (Å²) in [5.41, 5.74) is 1.34. The molecule has 1 N–H and O–H groups in total. The summed E-state index contributed by atoms with van der Waals surface area (Å²) in [5.74, 6) is 0. The molecule has 0 fully saturated rings. The quantitative estimate of drug-likeness (QED) is 0.822. The summed E-state index contributed by atoms with van der Waals surface area (Å²) in [6.07, 6.45) is 2.22. The Morgan fingerprint density at radius 1 is 1.25 bits per heavy atom. The van der Waals surface area contributed by atoms with Crippen LogP contribution >= 0.6 is 11.6 Å².